The number of rotatable bonds is 8. The summed E-state index contributed by atoms with van der Waals surface area (Å²) in [4.78, 5) is 10.2. The van der Waals surface area contributed by atoms with E-state index in [-0.39, 0.29) is 11.1 Å². The molecule has 0 amide bonds. The molecule has 37 heavy (non-hydrogen) atoms. The molecule has 0 bridgehead atoms. The summed E-state index contributed by atoms with van der Waals surface area (Å²) in [5.74, 6) is 0.983. The molecule has 2 aliphatic rings. The minimum atomic E-state index is -3.73. The van der Waals surface area contributed by atoms with Crippen LogP contribution in [0.4, 0.5) is 17.2 Å². The summed E-state index contributed by atoms with van der Waals surface area (Å²) in [5.41, 5.74) is 2.10. The van der Waals surface area contributed by atoms with Gasteiger partial charge in [-0.3, -0.25) is 4.90 Å². The topological polar surface area (TPSA) is 112 Å². The number of benzene rings is 1. The Labute approximate surface area is 222 Å². The molecule has 1 atom stereocenters. The average Bonchev–Trinajstić information content (AvgIpc) is 3.30. The molecule has 1 aromatic carbocycles. The summed E-state index contributed by atoms with van der Waals surface area (Å²) >= 11 is 6.34. The van der Waals surface area contributed by atoms with Crippen molar-refractivity contribution < 1.29 is 17.9 Å². The zero-order valence-electron chi connectivity index (χ0n) is 21.1. The van der Waals surface area contributed by atoms with Crippen LogP contribution in [0.5, 0.6) is 5.75 Å². The molecule has 4 heterocycles. The molecule has 0 saturated carbocycles. The van der Waals surface area contributed by atoms with Gasteiger partial charge in [0.15, 0.2) is 0 Å². The lowest BCUT2D eigenvalue weighted by atomic mass is 10.1. The van der Waals surface area contributed by atoms with E-state index < -0.39 is 10.0 Å². The number of piperidine rings is 1. The van der Waals surface area contributed by atoms with Crippen LogP contribution in [0.2, 0.25) is 5.02 Å². The van der Waals surface area contributed by atoms with E-state index >= 15 is 0 Å². The van der Waals surface area contributed by atoms with Crippen LogP contribution in [0.25, 0.3) is 11.0 Å². The van der Waals surface area contributed by atoms with E-state index in [2.05, 4.69) is 25.5 Å². The van der Waals surface area contributed by atoms with Gasteiger partial charge < -0.3 is 25.1 Å². The van der Waals surface area contributed by atoms with Gasteiger partial charge in [-0.05, 0) is 38.3 Å². The fourth-order valence-electron chi connectivity index (χ4n) is 5.11. The summed E-state index contributed by atoms with van der Waals surface area (Å²) in [6.45, 7) is 5.96. The first-order valence-corrected chi connectivity index (χ1v) is 14.4. The van der Waals surface area contributed by atoms with Crippen molar-refractivity contribution in [2.24, 2.45) is 0 Å². The second-order valence-electron chi connectivity index (χ2n) is 9.17. The van der Waals surface area contributed by atoms with Gasteiger partial charge in [-0.1, -0.05) is 11.6 Å². The molecule has 0 radical (unpaired) electrons. The summed E-state index contributed by atoms with van der Waals surface area (Å²) in [6, 6.07) is 6.80. The molecule has 3 N–H and O–H groups in total. The smallest absolute Gasteiger partial charge is 0.244 e. The van der Waals surface area contributed by atoms with Gasteiger partial charge >= 0.3 is 0 Å². The Morgan fingerprint density at radius 3 is 2.76 bits per heavy atom. The van der Waals surface area contributed by atoms with Crippen LogP contribution in [0.3, 0.4) is 0 Å². The quantitative estimate of drug-likeness (QED) is 0.383. The number of hydrogen-bond acceptors (Lipinski definition) is 8. The highest BCUT2D eigenvalue weighted by Crippen LogP contribution is 2.36. The lowest BCUT2D eigenvalue weighted by Crippen LogP contribution is -2.55. The van der Waals surface area contributed by atoms with E-state index in [9.17, 15) is 8.42 Å². The van der Waals surface area contributed by atoms with Gasteiger partial charge in [0.05, 0.1) is 53.2 Å². The predicted octanol–water partition coefficient (Wildman–Crippen LogP) is 4.23. The van der Waals surface area contributed by atoms with Crippen molar-refractivity contribution in [2.75, 3.05) is 57.1 Å². The van der Waals surface area contributed by atoms with Crippen LogP contribution >= 0.6 is 11.6 Å². The van der Waals surface area contributed by atoms with Gasteiger partial charge in [0.1, 0.15) is 17.2 Å². The van der Waals surface area contributed by atoms with E-state index in [0.717, 1.165) is 50.0 Å². The molecule has 2 aliphatic heterocycles. The minimum Gasteiger partial charge on any atom is -0.495 e. The number of aromatic amines is 1. The first kappa shape index (κ1) is 26.1. The van der Waals surface area contributed by atoms with Gasteiger partial charge in [0.2, 0.25) is 10.0 Å². The summed E-state index contributed by atoms with van der Waals surface area (Å²) in [5, 5.41) is 8.00. The number of anilines is 3. The van der Waals surface area contributed by atoms with Crippen molar-refractivity contribution in [3.05, 3.63) is 35.5 Å². The van der Waals surface area contributed by atoms with Crippen molar-refractivity contribution in [2.45, 2.75) is 37.2 Å². The second kappa shape index (κ2) is 11.0. The van der Waals surface area contributed by atoms with Crippen LogP contribution in [0.1, 0.15) is 26.2 Å². The van der Waals surface area contributed by atoms with E-state index in [4.69, 9.17) is 21.1 Å². The van der Waals surface area contributed by atoms with Gasteiger partial charge in [-0.25, -0.2) is 13.4 Å². The van der Waals surface area contributed by atoms with Gasteiger partial charge in [0.25, 0.3) is 0 Å². The fourth-order valence-corrected chi connectivity index (χ4v) is 7.05. The number of nitrogens with zero attached hydrogens (tertiary/aromatic N) is 3. The summed E-state index contributed by atoms with van der Waals surface area (Å²) in [7, 11) is -2.20. The maximum Gasteiger partial charge on any atom is 0.244 e. The standard InChI is InChI=1S/C25H33ClN6O4S/c1-3-27-20-15-22(30-25-24(20)18(26)16-28-25)29-19-8-7-17(14-21(19)35-2)37(33,34)32-9-5-4-6-23(32)31-10-12-36-13-11-31/h7-8,14-16,23H,3-6,9-13H2,1-2H3,(H3,27,28,29,30). The maximum atomic E-state index is 13.8. The molecular formula is C25H33ClN6O4S. The number of ether oxygens (including phenoxy) is 2. The number of hydrogen-bond donors (Lipinski definition) is 3. The average molecular weight is 549 g/mol. The lowest BCUT2D eigenvalue weighted by Gasteiger charge is -2.43. The van der Waals surface area contributed by atoms with E-state index in [1.807, 2.05) is 13.0 Å². The van der Waals surface area contributed by atoms with Crippen LogP contribution < -0.4 is 15.4 Å². The zero-order valence-corrected chi connectivity index (χ0v) is 22.7. The first-order chi connectivity index (χ1) is 17.9. The highest BCUT2D eigenvalue weighted by Gasteiger charge is 2.37. The molecule has 2 fully saturated rings. The largest absolute Gasteiger partial charge is 0.495 e. The number of fused-ring (bicyclic) bond motifs is 1. The molecule has 2 saturated heterocycles. The lowest BCUT2D eigenvalue weighted by molar-refractivity contribution is -0.0215. The van der Waals surface area contributed by atoms with Crippen molar-refractivity contribution in [1.29, 1.82) is 0 Å². The van der Waals surface area contributed by atoms with Crippen LogP contribution in [0, 0.1) is 0 Å². The molecule has 2 aromatic heterocycles. The van der Waals surface area contributed by atoms with Crippen molar-refractivity contribution in [3.8, 4) is 5.75 Å². The van der Waals surface area contributed by atoms with E-state index in [0.29, 0.717) is 47.7 Å². The Morgan fingerprint density at radius 1 is 1.19 bits per heavy atom. The van der Waals surface area contributed by atoms with Crippen LogP contribution in [-0.4, -0.2) is 80.3 Å². The van der Waals surface area contributed by atoms with Crippen molar-refractivity contribution in [1.82, 2.24) is 19.2 Å². The number of halogens is 1. The summed E-state index contributed by atoms with van der Waals surface area (Å²) in [6.07, 6.45) is 4.23. The third kappa shape index (κ3) is 5.23. The van der Waals surface area contributed by atoms with E-state index in [1.54, 1.807) is 28.7 Å². The normalized spacial score (nSPS) is 19.7. The number of sulfonamides is 1. The molecule has 200 valence electrons. The van der Waals surface area contributed by atoms with Gasteiger partial charge in [0, 0.05) is 44.5 Å². The predicted molar refractivity (Wildman–Crippen MR) is 145 cm³/mol. The Balaban J connectivity index is 1.43. The first-order valence-electron chi connectivity index (χ1n) is 12.6. The molecule has 1 unspecified atom stereocenters. The molecule has 3 aromatic rings. The third-order valence-corrected chi connectivity index (χ3v) is 9.08. The molecular weight excluding hydrogens is 516 g/mol. The fraction of sp³-hybridized carbons (Fsp3) is 0.480. The Hall–Kier alpha value is -2.57. The SMILES string of the molecule is CCNc1cc(Nc2ccc(S(=O)(=O)N3CCCCC3N3CCOCC3)cc2OC)nc2[nH]cc(Cl)c12. The Bertz CT molecular complexity index is 1360. The number of aromatic nitrogens is 2. The van der Waals surface area contributed by atoms with Crippen molar-refractivity contribution in [3.63, 3.8) is 0 Å². The van der Waals surface area contributed by atoms with E-state index in [1.165, 1.54) is 7.11 Å². The number of morpholine rings is 1. The molecule has 10 nitrogen and oxygen atoms in total. The highest BCUT2D eigenvalue weighted by atomic mass is 35.5. The molecule has 12 heteroatoms. The summed E-state index contributed by atoms with van der Waals surface area (Å²) < 4.78 is 40.3. The molecule has 0 spiro atoms. The van der Waals surface area contributed by atoms with Gasteiger partial charge in [-0.15, -0.1) is 0 Å². The second-order valence-corrected chi connectivity index (χ2v) is 11.5. The van der Waals surface area contributed by atoms with Gasteiger partial charge in [-0.2, -0.15) is 4.31 Å². The minimum absolute atomic E-state index is 0.153. The molecule has 0 aliphatic carbocycles. The number of nitrogens with one attached hydrogen (secondary N) is 3. The van der Waals surface area contributed by atoms with Crippen molar-refractivity contribution >= 4 is 49.9 Å². The maximum absolute atomic E-state index is 13.8. The monoisotopic (exact) mass is 548 g/mol. The zero-order chi connectivity index (χ0) is 26.0. The highest BCUT2D eigenvalue weighted by molar-refractivity contribution is 7.89. The van der Waals surface area contributed by atoms with Crippen LogP contribution in [-0.2, 0) is 14.8 Å². The number of H-pyrrole nitrogens is 1. The molecule has 5 rings (SSSR count). The third-order valence-electron chi connectivity index (χ3n) is 6.89. The number of pyridine rings is 1. The Kier molecular flexibility index (Phi) is 7.77. The Morgan fingerprint density at radius 2 is 2.00 bits per heavy atom. The number of methoxy groups -OCH3 is 1. The van der Waals surface area contributed by atoms with Crippen LogP contribution in [0.15, 0.2) is 35.4 Å².